The minimum atomic E-state index is -3.26. The first-order valence-electron chi connectivity index (χ1n) is 7.27. The topological polar surface area (TPSA) is 86.7 Å². The Kier molecular flexibility index (Phi) is 4.60. The first kappa shape index (κ1) is 16.9. The van der Waals surface area contributed by atoms with Crippen molar-refractivity contribution in [3.05, 3.63) is 34.9 Å². The van der Waals surface area contributed by atoms with Crippen LogP contribution in [-0.2, 0) is 22.0 Å². The summed E-state index contributed by atoms with van der Waals surface area (Å²) in [6.07, 6.45) is 0.585. The summed E-state index contributed by atoms with van der Waals surface area (Å²) in [7, 11) is -3.26. The van der Waals surface area contributed by atoms with Crippen LogP contribution in [0.25, 0.3) is 0 Å². The van der Waals surface area contributed by atoms with Crippen molar-refractivity contribution < 1.29 is 18.4 Å². The van der Waals surface area contributed by atoms with E-state index in [1.807, 2.05) is 20.8 Å². The van der Waals surface area contributed by atoms with E-state index in [1.54, 1.807) is 23.7 Å². The lowest BCUT2D eigenvalue weighted by atomic mass is 9.78. The predicted octanol–water partition coefficient (Wildman–Crippen LogP) is 1.64. The Morgan fingerprint density at radius 1 is 1.41 bits per heavy atom. The number of hydrogen-bond acceptors (Lipinski definition) is 4. The molecule has 1 amide bonds. The van der Waals surface area contributed by atoms with Gasteiger partial charge in [-0.2, -0.15) is 4.31 Å². The average Bonchev–Trinajstić information content (AvgIpc) is 2.45. The number of hydroxylamine groups is 1. The fraction of sp³-hybridized carbons (Fsp3) is 0.533. The van der Waals surface area contributed by atoms with Gasteiger partial charge in [0.25, 0.3) is 5.91 Å². The number of nitrogens with zero attached hydrogens (tertiary/aromatic N) is 1. The molecule has 1 aromatic rings. The molecule has 1 aliphatic heterocycles. The van der Waals surface area contributed by atoms with E-state index >= 15 is 0 Å². The lowest BCUT2D eigenvalue weighted by molar-refractivity contribution is 0.0706. The molecule has 7 heteroatoms. The van der Waals surface area contributed by atoms with Crippen LogP contribution in [-0.4, -0.2) is 36.1 Å². The zero-order valence-corrected chi connectivity index (χ0v) is 13.9. The van der Waals surface area contributed by atoms with Crippen LogP contribution in [0.3, 0.4) is 0 Å². The van der Waals surface area contributed by atoms with Crippen molar-refractivity contribution in [2.45, 2.75) is 39.2 Å². The zero-order chi connectivity index (χ0) is 16.5. The summed E-state index contributed by atoms with van der Waals surface area (Å²) in [5.74, 6) is -0.428. The van der Waals surface area contributed by atoms with Crippen molar-refractivity contribution in [3.8, 4) is 0 Å². The largest absolute Gasteiger partial charge is 0.288 e. The molecule has 0 saturated heterocycles. The molecule has 22 heavy (non-hydrogen) atoms. The molecule has 1 aromatic carbocycles. The van der Waals surface area contributed by atoms with Gasteiger partial charge in [-0.3, -0.25) is 10.0 Å². The monoisotopic (exact) mass is 326 g/mol. The van der Waals surface area contributed by atoms with Gasteiger partial charge in [-0.05, 0) is 29.7 Å². The summed E-state index contributed by atoms with van der Waals surface area (Å²) in [6, 6.07) is 5.08. The maximum atomic E-state index is 12.3. The van der Waals surface area contributed by atoms with Gasteiger partial charge in [0.05, 0.1) is 5.75 Å². The summed E-state index contributed by atoms with van der Waals surface area (Å²) in [4.78, 5) is 11.6. The van der Waals surface area contributed by atoms with Gasteiger partial charge in [-0.25, -0.2) is 13.9 Å². The molecular weight excluding hydrogens is 304 g/mol. The van der Waals surface area contributed by atoms with Crippen LogP contribution in [0, 0.1) is 0 Å². The third kappa shape index (κ3) is 3.16. The molecule has 0 spiro atoms. The number of fused-ring (bicyclic) bond motifs is 1. The fourth-order valence-electron chi connectivity index (χ4n) is 2.91. The smallest absolute Gasteiger partial charge is 0.274 e. The molecule has 0 aliphatic carbocycles. The third-order valence-electron chi connectivity index (χ3n) is 3.98. The Hall–Kier alpha value is -1.44. The summed E-state index contributed by atoms with van der Waals surface area (Å²) in [5.41, 5.74) is 3.41. The standard InChI is InChI=1S/C15H22N2O4S/c1-4-7-22(20,21)17-9-12-6-5-11(14(18)16-19)8-13(12)15(2,3)10-17/h5-6,8,19H,4,7,9-10H2,1-3H3,(H,16,18). The van der Waals surface area contributed by atoms with Crippen LogP contribution in [0.2, 0.25) is 0 Å². The zero-order valence-electron chi connectivity index (χ0n) is 13.1. The van der Waals surface area contributed by atoms with Crippen molar-refractivity contribution in [2.75, 3.05) is 12.3 Å². The van der Waals surface area contributed by atoms with E-state index in [4.69, 9.17) is 5.21 Å². The van der Waals surface area contributed by atoms with Gasteiger partial charge in [-0.15, -0.1) is 0 Å². The minimum Gasteiger partial charge on any atom is -0.288 e. The molecule has 0 aromatic heterocycles. The molecule has 0 unspecified atom stereocenters. The highest BCUT2D eigenvalue weighted by molar-refractivity contribution is 7.89. The normalized spacial score (nSPS) is 17.8. The van der Waals surface area contributed by atoms with Gasteiger partial charge < -0.3 is 0 Å². The molecule has 1 aliphatic rings. The van der Waals surface area contributed by atoms with Crippen molar-refractivity contribution in [2.24, 2.45) is 0 Å². The first-order valence-corrected chi connectivity index (χ1v) is 8.88. The Morgan fingerprint density at radius 3 is 2.68 bits per heavy atom. The van der Waals surface area contributed by atoms with E-state index in [0.29, 0.717) is 25.1 Å². The van der Waals surface area contributed by atoms with Crippen molar-refractivity contribution in [1.29, 1.82) is 0 Å². The summed E-state index contributed by atoms with van der Waals surface area (Å²) in [5, 5.41) is 8.74. The second kappa shape index (κ2) is 5.98. The van der Waals surface area contributed by atoms with E-state index < -0.39 is 21.3 Å². The van der Waals surface area contributed by atoms with Gasteiger partial charge >= 0.3 is 0 Å². The van der Waals surface area contributed by atoms with Crippen molar-refractivity contribution >= 4 is 15.9 Å². The van der Waals surface area contributed by atoms with E-state index in [0.717, 1.165) is 11.1 Å². The SMILES string of the molecule is CCCS(=O)(=O)N1Cc2ccc(C(=O)NO)cc2C(C)(C)C1. The van der Waals surface area contributed by atoms with Gasteiger partial charge in [0, 0.05) is 24.1 Å². The number of sulfonamides is 1. The number of carbonyl (C=O) groups excluding carboxylic acids is 1. The number of amides is 1. The maximum Gasteiger partial charge on any atom is 0.274 e. The quantitative estimate of drug-likeness (QED) is 0.650. The molecular formula is C15H22N2O4S. The van der Waals surface area contributed by atoms with Gasteiger partial charge in [0.15, 0.2) is 0 Å². The van der Waals surface area contributed by atoms with Crippen LogP contribution in [0.4, 0.5) is 0 Å². The Bertz CT molecular complexity index is 683. The maximum absolute atomic E-state index is 12.3. The van der Waals surface area contributed by atoms with Gasteiger partial charge in [-0.1, -0.05) is 26.8 Å². The number of benzene rings is 1. The molecule has 6 nitrogen and oxygen atoms in total. The Morgan fingerprint density at radius 2 is 2.09 bits per heavy atom. The van der Waals surface area contributed by atoms with Crippen LogP contribution in [0.5, 0.6) is 0 Å². The van der Waals surface area contributed by atoms with Crippen molar-refractivity contribution in [3.63, 3.8) is 0 Å². The Balaban J connectivity index is 2.42. The molecule has 0 radical (unpaired) electrons. The molecule has 0 bridgehead atoms. The van der Waals surface area contributed by atoms with Crippen molar-refractivity contribution in [1.82, 2.24) is 9.79 Å². The molecule has 1 heterocycles. The van der Waals surface area contributed by atoms with Gasteiger partial charge in [0.2, 0.25) is 10.0 Å². The third-order valence-corrected chi connectivity index (χ3v) is 5.95. The molecule has 2 rings (SSSR count). The van der Waals surface area contributed by atoms with Crippen LogP contribution in [0.1, 0.15) is 48.7 Å². The van der Waals surface area contributed by atoms with Gasteiger partial charge in [0.1, 0.15) is 0 Å². The first-order chi connectivity index (χ1) is 10.2. The highest BCUT2D eigenvalue weighted by atomic mass is 32.2. The molecule has 2 N–H and O–H groups in total. The van der Waals surface area contributed by atoms with Crippen LogP contribution < -0.4 is 5.48 Å². The highest BCUT2D eigenvalue weighted by Gasteiger charge is 2.36. The second-order valence-corrected chi connectivity index (χ2v) is 8.37. The number of carbonyl (C=O) groups is 1. The average molecular weight is 326 g/mol. The lowest BCUT2D eigenvalue weighted by Crippen LogP contribution is -2.45. The summed E-state index contributed by atoms with van der Waals surface area (Å²) in [6.45, 7) is 6.47. The van der Waals surface area contributed by atoms with E-state index in [9.17, 15) is 13.2 Å². The number of nitrogens with one attached hydrogen (secondary N) is 1. The molecule has 0 fully saturated rings. The second-order valence-electron chi connectivity index (χ2n) is 6.28. The fourth-order valence-corrected chi connectivity index (χ4v) is 4.54. The van der Waals surface area contributed by atoms with E-state index in [2.05, 4.69) is 0 Å². The molecule has 0 saturated carbocycles. The minimum absolute atomic E-state index is 0.142. The van der Waals surface area contributed by atoms with E-state index in [1.165, 1.54) is 4.31 Å². The predicted molar refractivity (Wildman–Crippen MR) is 83.2 cm³/mol. The van der Waals surface area contributed by atoms with Crippen LogP contribution >= 0.6 is 0 Å². The lowest BCUT2D eigenvalue weighted by Gasteiger charge is -2.39. The number of hydrogen-bond donors (Lipinski definition) is 2. The number of rotatable bonds is 4. The molecule has 122 valence electrons. The summed E-state index contributed by atoms with van der Waals surface area (Å²) >= 11 is 0. The van der Waals surface area contributed by atoms with Crippen LogP contribution in [0.15, 0.2) is 18.2 Å². The van der Waals surface area contributed by atoms with E-state index in [-0.39, 0.29) is 5.75 Å². The Labute approximate surface area is 131 Å². The highest BCUT2D eigenvalue weighted by Crippen LogP contribution is 2.35. The molecule has 0 atom stereocenters. The summed E-state index contributed by atoms with van der Waals surface area (Å²) < 4.78 is 26.2.